The minimum absolute atomic E-state index is 0.279. The highest BCUT2D eigenvalue weighted by Gasteiger charge is 2.17. The number of nitrogens with one attached hydrogen (secondary N) is 3. The second-order valence-electron chi connectivity index (χ2n) is 2.67. The summed E-state index contributed by atoms with van der Waals surface area (Å²) in [5.41, 5.74) is -0.305. The van der Waals surface area contributed by atoms with Gasteiger partial charge in [-0.05, 0) is 0 Å². The van der Waals surface area contributed by atoms with Crippen LogP contribution in [0.5, 0.6) is 0 Å². The van der Waals surface area contributed by atoms with Crippen LogP contribution >= 0.6 is 0 Å². The van der Waals surface area contributed by atoms with E-state index >= 15 is 0 Å². The van der Waals surface area contributed by atoms with Crippen molar-refractivity contribution in [2.24, 2.45) is 0 Å². The van der Waals surface area contributed by atoms with Gasteiger partial charge in [-0.25, -0.2) is 19.0 Å². The lowest BCUT2D eigenvalue weighted by molar-refractivity contribution is 0.0690. The molecule has 1 aromatic heterocycles. The standard InChI is InChI=1S/C6H8N4O6S/c1-16-6(13)10-17(14,15)9-4-2-3(5(11)12)7-8-4/h2H,1H3,(H,10,13)(H,11,12)(H2,7,8,9). The molecular formula is C6H8N4O6S. The fourth-order valence-corrected chi connectivity index (χ4v) is 1.53. The largest absolute Gasteiger partial charge is 0.477 e. The molecule has 0 aliphatic carbocycles. The Bertz CT molecular complexity index is 534. The van der Waals surface area contributed by atoms with E-state index in [9.17, 15) is 18.0 Å². The van der Waals surface area contributed by atoms with Crippen molar-refractivity contribution in [2.45, 2.75) is 0 Å². The van der Waals surface area contributed by atoms with Crippen LogP contribution in [0.4, 0.5) is 10.6 Å². The summed E-state index contributed by atoms with van der Waals surface area (Å²) in [6.45, 7) is 0. The maximum atomic E-state index is 11.2. The van der Waals surface area contributed by atoms with Crippen molar-refractivity contribution in [1.82, 2.24) is 14.9 Å². The first-order valence-corrected chi connectivity index (χ1v) is 5.49. The van der Waals surface area contributed by atoms with Crippen LogP contribution in [0.15, 0.2) is 6.07 Å². The third-order valence-electron chi connectivity index (χ3n) is 1.45. The van der Waals surface area contributed by atoms with Crippen LogP contribution in [0.3, 0.4) is 0 Å². The highest BCUT2D eigenvalue weighted by atomic mass is 32.2. The molecule has 0 fully saturated rings. The lowest BCUT2D eigenvalue weighted by Crippen LogP contribution is -2.35. The van der Waals surface area contributed by atoms with Crippen LogP contribution in [-0.2, 0) is 14.9 Å². The number of hydrogen-bond donors (Lipinski definition) is 4. The molecule has 0 unspecified atom stereocenters. The number of aromatic amines is 1. The number of anilines is 1. The molecule has 0 saturated carbocycles. The smallest absolute Gasteiger partial charge is 0.422 e. The van der Waals surface area contributed by atoms with Crippen LogP contribution in [0.25, 0.3) is 0 Å². The first-order valence-electron chi connectivity index (χ1n) is 4.01. The first-order chi connectivity index (χ1) is 7.84. The van der Waals surface area contributed by atoms with Crippen LogP contribution in [0.2, 0.25) is 0 Å². The molecule has 0 bridgehead atoms. The second-order valence-corrected chi connectivity index (χ2v) is 4.09. The predicted octanol–water partition coefficient (Wildman–Crippen LogP) is -0.879. The van der Waals surface area contributed by atoms with Gasteiger partial charge in [0.05, 0.1) is 7.11 Å². The highest BCUT2D eigenvalue weighted by Crippen LogP contribution is 2.06. The van der Waals surface area contributed by atoms with Crippen molar-refractivity contribution in [2.75, 3.05) is 11.8 Å². The van der Waals surface area contributed by atoms with Crippen LogP contribution in [-0.4, -0.2) is 42.9 Å². The van der Waals surface area contributed by atoms with Gasteiger partial charge < -0.3 is 9.84 Å². The monoisotopic (exact) mass is 264 g/mol. The number of H-pyrrole nitrogens is 1. The summed E-state index contributed by atoms with van der Waals surface area (Å²) in [4.78, 5) is 21.1. The van der Waals surface area contributed by atoms with E-state index in [1.54, 1.807) is 0 Å². The Balaban J connectivity index is 2.76. The van der Waals surface area contributed by atoms with Crippen molar-refractivity contribution < 1.29 is 27.9 Å². The lowest BCUT2D eigenvalue weighted by Gasteiger charge is -2.05. The molecule has 10 nitrogen and oxygen atoms in total. The van der Waals surface area contributed by atoms with Gasteiger partial charge in [0.25, 0.3) is 0 Å². The van der Waals surface area contributed by atoms with Crippen molar-refractivity contribution in [3.63, 3.8) is 0 Å². The molecule has 0 radical (unpaired) electrons. The number of rotatable bonds is 4. The maximum Gasteiger partial charge on any atom is 0.422 e. The quantitative estimate of drug-likeness (QED) is 0.551. The molecule has 11 heteroatoms. The van der Waals surface area contributed by atoms with Gasteiger partial charge in [0, 0.05) is 6.07 Å². The van der Waals surface area contributed by atoms with E-state index in [4.69, 9.17) is 5.11 Å². The molecule has 4 N–H and O–H groups in total. The van der Waals surface area contributed by atoms with Gasteiger partial charge >= 0.3 is 22.3 Å². The zero-order valence-electron chi connectivity index (χ0n) is 8.42. The van der Waals surface area contributed by atoms with Gasteiger partial charge in [-0.3, -0.25) is 5.10 Å². The average Bonchev–Trinajstić information content (AvgIpc) is 2.64. The van der Waals surface area contributed by atoms with Gasteiger partial charge in [0.15, 0.2) is 5.82 Å². The summed E-state index contributed by atoms with van der Waals surface area (Å²) < 4.78 is 29.8. The molecule has 1 amide bonds. The summed E-state index contributed by atoms with van der Waals surface area (Å²) in [6.07, 6.45) is -1.19. The van der Waals surface area contributed by atoms with Crippen molar-refractivity contribution in [3.05, 3.63) is 11.8 Å². The number of carboxylic acids is 1. The van der Waals surface area contributed by atoms with E-state index in [1.807, 2.05) is 4.72 Å². The topological polar surface area (TPSA) is 150 Å². The Morgan fingerprint density at radius 2 is 2.18 bits per heavy atom. The minimum Gasteiger partial charge on any atom is -0.477 e. The summed E-state index contributed by atoms with van der Waals surface area (Å²) in [5.74, 6) is -1.58. The second kappa shape index (κ2) is 4.69. The van der Waals surface area contributed by atoms with Gasteiger partial charge in [0.1, 0.15) is 5.69 Å². The third kappa shape index (κ3) is 3.64. The van der Waals surface area contributed by atoms with Crippen LogP contribution in [0, 0.1) is 0 Å². The van der Waals surface area contributed by atoms with E-state index in [-0.39, 0.29) is 11.5 Å². The van der Waals surface area contributed by atoms with E-state index in [0.29, 0.717) is 0 Å². The van der Waals surface area contributed by atoms with E-state index in [1.165, 1.54) is 4.72 Å². The average molecular weight is 264 g/mol. The summed E-state index contributed by atoms with van der Waals surface area (Å²) in [7, 11) is -3.22. The van der Waals surface area contributed by atoms with E-state index in [2.05, 4.69) is 14.9 Å². The maximum absolute atomic E-state index is 11.2. The zero-order valence-corrected chi connectivity index (χ0v) is 9.24. The number of amides is 1. The van der Waals surface area contributed by atoms with Crippen molar-refractivity contribution in [1.29, 1.82) is 0 Å². The number of ether oxygens (including phenoxy) is 1. The van der Waals surface area contributed by atoms with Gasteiger partial charge in [0.2, 0.25) is 0 Å². The molecule has 1 aromatic rings. The molecule has 0 atom stereocenters. The Labute approximate surface area is 95.2 Å². The van der Waals surface area contributed by atoms with Crippen molar-refractivity contribution in [3.8, 4) is 0 Å². The van der Waals surface area contributed by atoms with E-state index in [0.717, 1.165) is 13.2 Å². The Kier molecular flexibility index (Phi) is 3.52. The number of methoxy groups -OCH3 is 1. The normalized spacial score (nSPS) is 10.6. The van der Waals surface area contributed by atoms with Gasteiger partial charge in [-0.15, -0.1) is 0 Å². The molecule has 0 aromatic carbocycles. The zero-order chi connectivity index (χ0) is 13.1. The fraction of sp³-hybridized carbons (Fsp3) is 0.167. The summed E-state index contributed by atoms with van der Waals surface area (Å²) >= 11 is 0. The minimum atomic E-state index is -4.21. The van der Waals surface area contributed by atoms with Gasteiger partial charge in [-0.1, -0.05) is 0 Å². The molecule has 0 spiro atoms. The number of aromatic carboxylic acids is 1. The molecule has 94 valence electrons. The number of carbonyl (C=O) groups is 2. The van der Waals surface area contributed by atoms with Crippen LogP contribution < -0.4 is 9.44 Å². The molecular weight excluding hydrogens is 256 g/mol. The molecule has 1 heterocycles. The number of hydrogen-bond acceptors (Lipinski definition) is 6. The molecule has 0 aliphatic rings. The van der Waals surface area contributed by atoms with Gasteiger partial charge in [-0.2, -0.15) is 13.5 Å². The number of aromatic nitrogens is 2. The molecule has 17 heavy (non-hydrogen) atoms. The highest BCUT2D eigenvalue weighted by molar-refractivity contribution is 7.91. The Hall–Kier alpha value is -2.30. The summed E-state index contributed by atoms with van der Waals surface area (Å²) in [6, 6.07) is 0.943. The Morgan fingerprint density at radius 1 is 1.53 bits per heavy atom. The number of nitrogens with zero attached hydrogens (tertiary/aromatic N) is 1. The Morgan fingerprint density at radius 3 is 2.65 bits per heavy atom. The first kappa shape index (κ1) is 12.8. The number of carboxylic acid groups (broad SMARTS) is 1. The molecule has 0 saturated heterocycles. The third-order valence-corrected chi connectivity index (χ3v) is 2.36. The molecule has 1 rings (SSSR count). The fourth-order valence-electron chi connectivity index (χ4n) is 0.798. The van der Waals surface area contributed by atoms with Crippen LogP contribution in [0.1, 0.15) is 10.5 Å². The molecule has 0 aliphatic heterocycles. The van der Waals surface area contributed by atoms with Crippen molar-refractivity contribution >= 4 is 28.1 Å². The number of carbonyl (C=O) groups excluding carboxylic acids is 1. The summed E-state index contributed by atoms with van der Waals surface area (Å²) in [5, 5.41) is 14.0. The lowest BCUT2D eigenvalue weighted by atomic mass is 10.4. The predicted molar refractivity (Wildman–Crippen MR) is 53.6 cm³/mol. The SMILES string of the molecule is COC(=O)NS(=O)(=O)Nc1cc(C(=O)O)[nH]n1. The van der Waals surface area contributed by atoms with E-state index < -0.39 is 22.3 Å².